The van der Waals surface area contributed by atoms with E-state index in [4.69, 9.17) is 18.9 Å². The molecule has 0 aromatic heterocycles. The smallest absolute Gasteiger partial charge is 0.408 e. The average Bonchev–Trinajstić information content (AvgIpc) is 2.93. The van der Waals surface area contributed by atoms with Gasteiger partial charge in [-0.25, -0.2) is 4.79 Å². The quantitative estimate of drug-likeness (QED) is 0.596. The zero-order valence-corrected chi connectivity index (χ0v) is 22.1. The van der Waals surface area contributed by atoms with Crippen LogP contribution in [0.1, 0.15) is 43.9 Å². The van der Waals surface area contributed by atoms with Crippen LogP contribution >= 0.6 is 0 Å². The second-order valence-corrected chi connectivity index (χ2v) is 10.8. The molecular formula is C29H36N2O7. The molecule has 0 saturated carbocycles. The predicted molar refractivity (Wildman–Crippen MR) is 139 cm³/mol. The first kappa shape index (κ1) is 26.3. The minimum Gasteiger partial charge on any atom is -0.493 e. The molecule has 2 aromatic carbocycles. The fraction of sp³-hybridized carbons (Fsp3) is 0.517. The molecule has 5 atom stereocenters. The van der Waals surface area contributed by atoms with Crippen molar-refractivity contribution in [3.05, 3.63) is 59.7 Å². The molecule has 0 spiro atoms. The van der Waals surface area contributed by atoms with Crippen molar-refractivity contribution in [3.63, 3.8) is 0 Å². The second kappa shape index (κ2) is 10.8. The Morgan fingerprint density at radius 1 is 1.18 bits per heavy atom. The maximum Gasteiger partial charge on any atom is 0.408 e. The summed E-state index contributed by atoms with van der Waals surface area (Å²) in [7, 11) is 1.64. The highest BCUT2D eigenvalue weighted by molar-refractivity contribution is 5.86. The number of aliphatic hydroxyl groups excluding tert-OH is 1. The summed E-state index contributed by atoms with van der Waals surface area (Å²) in [6.45, 7) is 4.69. The van der Waals surface area contributed by atoms with Crippen molar-refractivity contribution in [2.75, 3.05) is 26.8 Å². The van der Waals surface area contributed by atoms with Crippen LogP contribution in [-0.2, 0) is 20.9 Å². The van der Waals surface area contributed by atoms with Gasteiger partial charge in [0.2, 0.25) is 5.91 Å². The van der Waals surface area contributed by atoms with Gasteiger partial charge in [0.25, 0.3) is 0 Å². The number of rotatable bonds is 6. The van der Waals surface area contributed by atoms with Gasteiger partial charge < -0.3 is 34.3 Å². The monoisotopic (exact) mass is 524 g/mol. The number of fused-ring (bicyclic) bond motifs is 4. The molecule has 0 aliphatic carbocycles. The van der Waals surface area contributed by atoms with Gasteiger partial charge in [-0.15, -0.1) is 0 Å². The van der Waals surface area contributed by atoms with Gasteiger partial charge in [0.05, 0.1) is 25.9 Å². The van der Waals surface area contributed by atoms with Gasteiger partial charge in [-0.05, 0) is 38.3 Å². The third-order valence-electron chi connectivity index (χ3n) is 8.00. The largest absolute Gasteiger partial charge is 0.493 e. The minimum atomic E-state index is -1.07. The summed E-state index contributed by atoms with van der Waals surface area (Å²) in [6.07, 6.45) is 0.661. The molecule has 9 heteroatoms. The van der Waals surface area contributed by atoms with E-state index in [9.17, 15) is 14.7 Å². The molecule has 2 N–H and O–H groups in total. The van der Waals surface area contributed by atoms with Crippen LogP contribution in [0.3, 0.4) is 0 Å². The summed E-state index contributed by atoms with van der Waals surface area (Å²) in [5, 5.41) is 12.4. The molecule has 2 saturated heterocycles. The van der Waals surface area contributed by atoms with E-state index < -0.39 is 24.3 Å². The van der Waals surface area contributed by atoms with E-state index in [1.165, 1.54) is 0 Å². The zero-order valence-electron chi connectivity index (χ0n) is 22.1. The Labute approximate surface area is 223 Å². The van der Waals surface area contributed by atoms with E-state index in [-0.39, 0.29) is 36.6 Å². The molecule has 5 rings (SSSR count). The number of nitrogens with one attached hydrogen (secondary N) is 1. The number of hydrogen-bond acceptors (Lipinski definition) is 7. The van der Waals surface area contributed by atoms with E-state index in [1.54, 1.807) is 12.0 Å². The number of piperidine rings is 1. The minimum absolute atomic E-state index is 0.00428. The van der Waals surface area contributed by atoms with Crippen molar-refractivity contribution in [1.82, 2.24) is 10.2 Å². The Balaban J connectivity index is 1.23. The molecule has 0 radical (unpaired) electrons. The van der Waals surface area contributed by atoms with Crippen molar-refractivity contribution in [3.8, 4) is 11.5 Å². The van der Waals surface area contributed by atoms with Crippen LogP contribution in [0.15, 0.2) is 48.5 Å². The molecule has 3 aliphatic rings. The SMILES string of the molecule is COc1cccc2c1OC(C)(C)[C@H]1C[C@@H]3CN(C(=O)[C@H](CO)NC(=O)OCc4ccccc4)CC[C@@H]3O[C@H]21. The lowest BCUT2D eigenvalue weighted by molar-refractivity contribution is -0.189. The summed E-state index contributed by atoms with van der Waals surface area (Å²) in [4.78, 5) is 27.3. The van der Waals surface area contributed by atoms with Crippen molar-refractivity contribution < 1.29 is 33.6 Å². The number of hydrogen-bond donors (Lipinski definition) is 2. The Hall–Kier alpha value is -3.30. The number of carbonyl (C=O) groups excluding carboxylic acids is 2. The van der Waals surface area contributed by atoms with Gasteiger partial charge in [0.1, 0.15) is 18.2 Å². The van der Waals surface area contributed by atoms with Gasteiger partial charge in [-0.3, -0.25) is 4.79 Å². The second-order valence-electron chi connectivity index (χ2n) is 10.8. The van der Waals surface area contributed by atoms with Gasteiger partial charge in [0.15, 0.2) is 11.5 Å². The molecule has 3 heterocycles. The normalized spacial score (nSPS) is 26.1. The fourth-order valence-corrected chi connectivity index (χ4v) is 5.97. The predicted octanol–water partition coefficient (Wildman–Crippen LogP) is 3.45. The number of amides is 2. The summed E-state index contributed by atoms with van der Waals surface area (Å²) < 4.78 is 23.9. The van der Waals surface area contributed by atoms with E-state index >= 15 is 0 Å². The van der Waals surface area contributed by atoms with Crippen LogP contribution in [0.5, 0.6) is 11.5 Å². The number of nitrogens with zero attached hydrogens (tertiary/aromatic N) is 1. The zero-order chi connectivity index (χ0) is 26.9. The number of para-hydroxylation sites is 1. The molecule has 38 heavy (non-hydrogen) atoms. The first-order valence-electron chi connectivity index (χ1n) is 13.2. The molecule has 0 unspecified atom stereocenters. The lowest BCUT2D eigenvalue weighted by atomic mass is 9.70. The van der Waals surface area contributed by atoms with Crippen molar-refractivity contribution in [2.24, 2.45) is 11.8 Å². The first-order chi connectivity index (χ1) is 18.3. The Bertz CT molecular complexity index is 1150. The van der Waals surface area contributed by atoms with Crippen LogP contribution in [-0.4, -0.2) is 66.6 Å². The third-order valence-corrected chi connectivity index (χ3v) is 8.00. The summed E-state index contributed by atoms with van der Waals surface area (Å²) in [5.74, 6) is 1.33. The highest BCUT2D eigenvalue weighted by Crippen LogP contribution is 2.55. The lowest BCUT2D eigenvalue weighted by Crippen LogP contribution is -2.58. The lowest BCUT2D eigenvalue weighted by Gasteiger charge is -2.53. The van der Waals surface area contributed by atoms with E-state index in [1.807, 2.05) is 48.5 Å². The molecule has 2 aromatic rings. The number of carbonyl (C=O) groups is 2. The van der Waals surface area contributed by atoms with Crippen molar-refractivity contribution in [2.45, 2.75) is 57.1 Å². The highest BCUT2D eigenvalue weighted by atomic mass is 16.6. The summed E-state index contributed by atoms with van der Waals surface area (Å²) in [6, 6.07) is 14.1. The summed E-state index contributed by atoms with van der Waals surface area (Å²) >= 11 is 0. The van der Waals surface area contributed by atoms with Crippen LogP contribution in [0, 0.1) is 11.8 Å². The number of benzene rings is 2. The van der Waals surface area contributed by atoms with E-state index in [2.05, 4.69) is 19.2 Å². The Morgan fingerprint density at radius 2 is 1.97 bits per heavy atom. The number of ether oxygens (including phenoxy) is 4. The number of alkyl carbamates (subject to hydrolysis) is 1. The van der Waals surface area contributed by atoms with Crippen LogP contribution in [0.25, 0.3) is 0 Å². The maximum absolute atomic E-state index is 13.3. The average molecular weight is 525 g/mol. The Kier molecular flexibility index (Phi) is 7.49. The molecule has 9 nitrogen and oxygen atoms in total. The fourth-order valence-electron chi connectivity index (χ4n) is 5.97. The van der Waals surface area contributed by atoms with Crippen LogP contribution in [0.2, 0.25) is 0 Å². The van der Waals surface area contributed by atoms with Gasteiger partial charge >= 0.3 is 6.09 Å². The van der Waals surface area contributed by atoms with E-state index in [0.717, 1.165) is 23.3 Å². The molecule has 0 bridgehead atoms. The van der Waals surface area contributed by atoms with Crippen LogP contribution < -0.4 is 14.8 Å². The number of likely N-dealkylation sites (tertiary alicyclic amines) is 1. The number of methoxy groups -OCH3 is 1. The topological polar surface area (TPSA) is 107 Å². The molecule has 2 fully saturated rings. The number of aliphatic hydroxyl groups is 1. The maximum atomic E-state index is 13.3. The molecule has 204 valence electrons. The van der Waals surface area contributed by atoms with Gasteiger partial charge in [-0.1, -0.05) is 42.5 Å². The molecule has 2 amide bonds. The van der Waals surface area contributed by atoms with Gasteiger partial charge in [0, 0.05) is 30.5 Å². The first-order valence-corrected chi connectivity index (χ1v) is 13.2. The van der Waals surface area contributed by atoms with Gasteiger partial charge in [-0.2, -0.15) is 0 Å². The molecular weight excluding hydrogens is 488 g/mol. The third kappa shape index (κ3) is 5.17. The van der Waals surface area contributed by atoms with Crippen LogP contribution in [0.4, 0.5) is 4.79 Å². The van der Waals surface area contributed by atoms with E-state index in [0.29, 0.717) is 25.3 Å². The summed E-state index contributed by atoms with van der Waals surface area (Å²) in [5.41, 5.74) is 1.36. The standard InChI is InChI=1S/C29H36N2O7/c1-29(2)21-14-19-15-31(27(33)22(16-32)30-28(34)36-17-18-8-5-4-6-9-18)13-12-23(19)37-25(21)20-10-7-11-24(35-3)26(20)38-29/h4-11,19,21-23,25,32H,12-17H2,1-3H3,(H,30,34)/t19-,21+,22+,23+,25-/m1/s1. The highest BCUT2D eigenvalue weighted by Gasteiger charge is 2.52. The molecule has 3 aliphatic heterocycles. The Morgan fingerprint density at radius 3 is 2.71 bits per heavy atom. The van der Waals surface area contributed by atoms with Crippen molar-refractivity contribution >= 4 is 12.0 Å². The van der Waals surface area contributed by atoms with Crippen molar-refractivity contribution in [1.29, 1.82) is 0 Å².